The van der Waals surface area contributed by atoms with Crippen LogP contribution in [0.15, 0.2) is 15.8 Å². The normalized spacial score (nSPS) is 21.4. The maximum absolute atomic E-state index is 12.8. The van der Waals surface area contributed by atoms with Crippen molar-refractivity contribution in [1.29, 1.82) is 0 Å². The van der Waals surface area contributed by atoms with Gasteiger partial charge in [-0.2, -0.15) is 0 Å². The SMILES string of the molecule is O=C(c1c[nH]c(=O)[nH]c1=O)N1CCNCC12CCCCC2. The molecule has 3 N–H and O–H groups in total. The number of H-pyrrole nitrogens is 2. The number of nitrogens with one attached hydrogen (secondary N) is 3. The fourth-order valence-electron chi connectivity index (χ4n) is 3.53. The molecule has 21 heavy (non-hydrogen) atoms. The molecule has 0 radical (unpaired) electrons. The molecule has 0 unspecified atom stereocenters. The molecule has 1 saturated heterocycles. The number of amides is 1. The highest BCUT2D eigenvalue weighted by atomic mass is 16.2. The van der Waals surface area contributed by atoms with Crippen molar-refractivity contribution < 1.29 is 4.79 Å². The van der Waals surface area contributed by atoms with Crippen molar-refractivity contribution in [3.05, 3.63) is 32.6 Å². The average molecular weight is 292 g/mol. The molecule has 2 heterocycles. The van der Waals surface area contributed by atoms with Crippen molar-refractivity contribution in [2.75, 3.05) is 19.6 Å². The van der Waals surface area contributed by atoms with E-state index in [2.05, 4.69) is 15.3 Å². The molecule has 1 amide bonds. The first-order valence-corrected chi connectivity index (χ1v) is 7.47. The standard InChI is InChI=1S/C14H20N4O3/c19-11-10(8-16-13(21)17-11)12(20)18-7-6-15-9-14(18)4-2-1-3-5-14/h8,15H,1-7,9H2,(H2,16,17,19,21). The molecule has 7 nitrogen and oxygen atoms in total. The minimum Gasteiger partial charge on any atom is -0.330 e. The van der Waals surface area contributed by atoms with E-state index < -0.39 is 11.2 Å². The monoisotopic (exact) mass is 292 g/mol. The molecule has 1 aromatic rings. The molecule has 7 heteroatoms. The zero-order valence-electron chi connectivity index (χ0n) is 11.9. The molecule has 0 atom stereocenters. The molecular weight excluding hydrogens is 272 g/mol. The Labute approximate surface area is 121 Å². The lowest BCUT2D eigenvalue weighted by Gasteiger charge is -2.49. The molecule has 1 aromatic heterocycles. The molecular formula is C14H20N4O3. The van der Waals surface area contributed by atoms with Crippen molar-refractivity contribution >= 4 is 5.91 Å². The largest absolute Gasteiger partial charge is 0.330 e. The van der Waals surface area contributed by atoms with Gasteiger partial charge in [0.05, 0.1) is 5.54 Å². The van der Waals surface area contributed by atoms with Crippen LogP contribution in [0.4, 0.5) is 0 Å². The number of carbonyl (C=O) groups is 1. The van der Waals surface area contributed by atoms with Gasteiger partial charge in [0.2, 0.25) is 0 Å². The Kier molecular flexibility index (Phi) is 3.67. The summed E-state index contributed by atoms with van der Waals surface area (Å²) in [4.78, 5) is 42.0. The average Bonchev–Trinajstić information content (AvgIpc) is 2.48. The van der Waals surface area contributed by atoms with Gasteiger partial charge in [0.1, 0.15) is 5.56 Å². The van der Waals surface area contributed by atoms with E-state index in [1.54, 1.807) is 0 Å². The van der Waals surface area contributed by atoms with E-state index in [1.165, 1.54) is 12.6 Å². The molecule has 1 aliphatic heterocycles. The molecule has 0 bridgehead atoms. The van der Waals surface area contributed by atoms with Crippen LogP contribution in [0.25, 0.3) is 0 Å². The van der Waals surface area contributed by atoms with Crippen LogP contribution in [0, 0.1) is 0 Å². The maximum atomic E-state index is 12.8. The Morgan fingerprint density at radius 2 is 1.95 bits per heavy atom. The first kappa shape index (κ1) is 14.1. The summed E-state index contributed by atoms with van der Waals surface area (Å²) in [7, 11) is 0. The minimum atomic E-state index is -0.617. The van der Waals surface area contributed by atoms with Gasteiger partial charge in [-0.25, -0.2) is 4.79 Å². The predicted octanol–water partition coefficient (Wildman–Crippen LogP) is -0.188. The highest BCUT2D eigenvalue weighted by Crippen LogP contribution is 2.35. The number of aromatic nitrogens is 2. The number of nitrogens with zero attached hydrogens (tertiary/aromatic N) is 1. The first-order chi connectivity index (χ1) is 10.1. The van der Waals surface area contributed by atoms with Crippen LogP contribution in [-0.4, -0.2) is 45.9 Å². The van der Waals surface area contributed by atoms with Crippen LogP contribution in [0.2, 0.25) is 0 Å². The van der Waals surface area contributed by atoms with Gasteiger partial charge in [0.25, 0.3) is 11.5 Å². The lowest BCUT2D eigenvalue weighted by molar-refractivity contribution is 0.0220. The van der Waals surface area contributed by atoms with Crippen LogP contribution < -0.4 is 16.6 Å². The van der Waals surface area contributed by atoms with Crippen molar-refractivity contribution in [3.63, 3.8) is 0 Å². The third-order valence-electron chi connectivity index (χ3n) is 4.62. The van der Waals surface area contributed by atoms with E-state index >= 15 is 0 Å². The van der Waals surface area contributed by atoms with Gasteiger partial charge in [0.15, 0.2) is 0 Å². The Bertz CT molecular complexity index is 634. The van der Waals surface area contributed by atoms with Crippen LogP contribution in [0.3, 0.4) is 0 Å². The number of carbonyl (C=O) groups excluding carboxylic acids is 1. The minimum absolute atomic E-state index is 0.0152. The second-order valence-electron chi connectivity index (χ2n) is 5.90. The summed E-state index contributed by atoms with van der Waals surface area (Å²) in [5.41, 5.74) is -1.38. The molecule has 114 valence electrons. The molecule has 1 spiro atoms. The molecule has 1 aliphatic carbocycles. The third kappa shape index (κ3) is 2.53. The van der Waals surface area contributed by atoms with Gasteiger partial charge in [-0.3, -0.25) is 14.6 Å². The molecule has 1 saturated carbocycles. The third-order valence-corrected chi connectivity index (χ3v) is 4.62. The van der Waals surface area contributed by atoms with Gasteiger partial charge in [-0.1, -0.05) is 19.3 Å². The smallest absolute Gasteiger partial charge is 0.325 e. The highest BCUT2D eigenvalue weighted by Gasteiger charge is 2.42. The van der Waals surface area contributed by atoms with E-state index in [0.717, 1.165) is 38.8 Å². The summed E-state index contributed by atoms with van der Waals surface area (Å²) in [6.45, 7) is 2.10. The molecule has 2 fully saturated rings. The van der Waals surface area contributed by atoms with E-state index in [-0.39, 0.29) is 17.0 Å². The van der Waals surface area contributed by atoms with E-state index in [0.29, 0.717) is 6.54 Å². The Morgan fingerprint density at radius 3 is 2.67 bits per heavy atom. The van der Waals surface area contributed by atoms with E-state index in [1.807, 2.05) is 4.90 Å². The number of piperazine rings is 1. The molecule has 2 aliphatic rings. The fraction of sp³-hybridized carbons (Fsp3) is 0.643. The first-order valence-electron chi connectivity index (χ1n) is 7.47. The van der Waals surface area contributed by atoms with Crippen LogP contribution in [-0.2, 0) is 0 Å². The van der Waals surface area contributed by atoms with Crippen LogP contribution in [0.5, 0.6) is 0 Å². The summed E-state index contributed by atoms with van der Waals surface area (Å²) < 4.78 is 0. The predicted molar refractivity (Wildman–Crippen MR) is 77.4 cm³/mol. The van der Waals surface area contributed by atoms with Crippen molar-refractivity contribution in [3.8, 4) is 0 Å². The Balaban J connectivity index is 1.94. The van der Waals surface area contributed by atoms with Gasteiger partial charge < -0.3 is 15.2 Å². The summed E-state index contributed by atoms with van der Waals surface area (Å²) in [6, 6.07) is 0. The lowest BCUT2D eigenvalue weighted by Crippen LogP contribution is -2.64. The Hall–Kier alpha value is -1.89. The van der Waals surface area contributed by atoms with Crippen molar-refractivity contribution in [2.24, 2.45) is 0 Å². The van der Waals surface area contributed by atoms with Crippen molar-refractivity contribution in [1.82, 2.24) is 20.2 Å². The zero-order valence-corrected chi connectivity index (χ0v) is 11.9. The number of aromatic amines is 2. The summed E-state index contributed by atoms with van der Waals surface area (Å²) in [5, 5.41) is 3.37. The van der Waals surface area contributed by atoms with Crippen LogP contribution >= 0.6 is 0 Å². The van der Waals surface area contributed by atoms with Gasteiger partial charge in [-0.05, 0) is 12.8 Å². The second kappa shape index (κ2) is 5.48. The van der Waals surface area contributed by atoms with Crippen LogP contribution in [0.1, 0.15) is 42.5 Å². The summed E-state index contributed by atoms with van der Waals surface area (Å²) in [5.74, 6) is -0.282. The number of hydrogen-bond donors (Lipinski definition) is 3. The summed E-state index contributed by atoms with van der Waals surface area (Å²) in [6.07, 6.45) is 6.56. The highest BCUT2D eigenvalue weighted by molar-refractivity contribution is 5.94. The van der Waals surface area contributed by atoms with Gasteiger partial charge in [0, 0.05) is 25.8 Å². The fourth-order valence-corrected chi connectivity index (χ4v) is 3.53. The lowest BCUT2D eigenvalue weighted by atomic mass is 9.78. The summed E-state index contributed by atoms with van der Waals surface area (Å²) >= 11 is 0. The van der Waals surface area contributed by atoms with Crippen molar-refractivity contribution in [2.45, 2.75) is 37.6 Å². The second-order valence-corrected chi connectivity index (χ2v) is 5.90. The maximum Gasteiger partial charge on any atom is 0.325 e. The molecule has 0 aromatic carbocycles. The van der Waals surface area contributed by atoms with Gasteiger partial charge >= 0.3 is 5.69 Å². The Morgan fingerprint density at radius 1 is 1.19 bits per heavy atom. The van der Waals surface area contributed by atoms with Gasteiger partial charge in [-0.15, -0.1) is 0 Å². The quantitative estimate of drug-likeness (QED) is 0.668. The van der Waals surface area contributed by atoms with E-state index in [4.69, 9.17) is 0 Å². The topological polar surface area (TPSA) is 98.1 Å². The molecule has 3 rings (SSSR count). The number of rotatable bonds is 1. The zero-order chi connectivity index (χ0) is 14.9. The van der Waals surface area contributed by atoms with E-state index in [9.17, 15) is 14.4 Å². The number of hydrogen-bond acceptors (Lipinski definition) is 4.